The third-order valence-electron chi connectivity index (χ3n) is 3.97. The molecule has 0 fully saturated rings. The summed E-state index contributed by atoms with van der Waals surface area (Å²) in [6, 6.07) is 9.86. The number of carbonyl (C=O) groups excluding carboxylic acids is 2. The largest absolute Gasteiger partial charge is 0.497 e. The maximum Gasteiger partial charge on any atom is 0.308 e. The standard InChI is InChI=1S/C19H15Cl2NO4/c1-10-18(26-11(2)23)14-9-13(25-3)5-7-17(14)22(10)19(24)12-4-6-15(20)16(21)8-12/h4-9H,1-3H3. The Kier molecular flexibility index (Phi) is 4.94. The van der Waals surface area contributed by atoms with Crippen molar-refractivity contribution in [3.8, 4) is 11.5 Å². The van der Waals surface area contributed by atoms with Crippen molar-refractivity contribution in [1.29, 1.82) is 0 Å². The van der Waals surface area contributed by atoms with Gasteiger partial charge < -0.3 is 9.47 Å². The van der Waals surface area contributed by atoms with E-state index in [2.05, 4.69) is 0 Å². The van der Waals surface area contributed by atoms with Crippen LogP contribution in [0.2, 0.25) is 10.0 Å². The monoisotopic (exact) mass is 391 g/mol. The van der Waals surface area contributed by atoms with E-state index < -0.39 is 5.97 Å². The van der Waals surface area contributed by atoms with Crippen molar-refractivity contribution >= 4 is 46.0 Å². The number of halogens is 2. The predicted molar refractivity (Wildman–Crippen MR) is 101 cm³/mol. The Morgan fingerprint density at radius 1 is 1.04 bits per heavy atom. The van der Waals surface area contributed by atoms with Crippen LogP contribution < -0.4 is 9.47 Å². The van der Waals surface area contributed by atoms with Crippen LogP contribution in [0.15, 0.2) is 36.4 Å². The van der Waals surface area contributed by atoms with E-state index in [-0.39, 0.29) is 10.9 Å². The number of esters is 1. The Morgan fingerprint density at radius 2 is 1.77 bits per heavy atom. The third kappa shape index (κ3) is 3.16. The van der Waals surface area contributed by atoms with Crippen LogP contribution in [0.4, 0.5) is 0 Å². The van der Waals surface area contributed by atoms with Crippen molar-refractivity contribution in [1.82, 2.24) is 4.57 Å². The number of hydrogen-bond donors (Lipinski definition) is 0. The van der Waals surface area contributed by atoms with Gasteiger partial charge in [0, 0.05) is 17.9 Å². The van der Waals surface area contributed by atoms with E-state index in [9.17, 15) is 9.59 Å². The van der Waals surface area contributed by atoms with Gasteiger partial charge in [0.2, 0.25) is 0 Å². The second kappa shape index (κ2) is 7.02. The second-order valence-electron chi connectivity index (χ2n) is 5.66. The van der Waals surface area contributed by atoms with Crippen molar-refractivity contribution in [3.05, 3.63) is 57.7 Å². The number of aromatic nitrogens is 1. The molecule has 7 heteroatoms. The molecule has 0 bridgehead atoms. The molecule has 134 valence electrons. The van der Waals surface area contributed by atoms with Crippen LogP contribution >= 0.6 is 23.2 Å². The van der Waals surface area contributed by atoms with E-state index in [0.717, 1.165) is 0 Å². The molecule has 26 heavy (non-hydrogen) atoms. The fourth-order valence-corrected chi connectivity index (χ4v) is 3.09. The lowest BCUT2D eigenvalue weighted by molar-refractivity contribution is -0.131. The lowest BCUT2D eigenvalue weighted by atomic mass is 10.2. The van der Waals surface area contributed by atoms with Gasteiger partial charge in [-0.25, -0.2) is 0 Å². The average Bonchev–Trinajstić information content (AvgIpc) is 2.87. The summed E-state index contributed by atoms with van der Waals surface area (Å²) in [6.07, 6.45) is 0. The van der Waals surface area contributed by atoms with Gasteiger partial charge in [0.1, 0.15) is 5.75 Å². The van der Waals surface area contributed by atoms with Crippen LogP contribution in [0.25, 0.3) is 10.9 Å². The summed E-state index contributed by atoms with van der Waals surface area (Å²) in [7, 11) is 1.54. The van der Waals surface area contributed by atoms with E-state index in [1.807, 2.05) is 0 Å². The number of ether oxygens (including phenoxy) is 2. The summed E-state index contributed by atoms with van der Waals surface area (Å²) in [5.41, 5.74) is 1.46. The van der Waals surface area contributed by atoms with Crippen LogP contribution in [0, 0.1) is 6.92 Å². The molecule has 0 aliphatic rings. The Bertz CT molecular complexity index is 1040. The van der Waals surface area contributed by atoms with E-state index >= 15 is 0 Å². The Morgan fingerprint density at radius 3 is 2.38 bits per heavy atom. The molecule has 3 rings (SSSR count). The van der Waals surface area contributed by atoms with Gasteiger partial charge in [-0.1, -0.05) is 23.2 Å². The van der Waals surface area contributed by atoms with Crippen molar-refractivity contribution in [2.75, 3.05) is 7.11 Å². The predicted octanol–water partition coefficient (Wildman–Crippen LogP) is 4.88. The fraction of sp³-hybridized carbons (Fsp3) is 0.158. The summed E-state index contributed by atoms with van der Waals surface area (Å²) in [5.74, 6) is 0.122. The summed E-state index contributed by atoms with van der Waals surface area (Å²) >= 11 is 12.0. The highest BCUT2D eigenvalue weighted by atomic mass is 35.5. The molecule has 0 atom stereocenters. The van der Waals surface area contributed by atoms with E-state index in [1.54, 1.807) is 37.3 Å². The molecule has 0 unspecified atom stereocenters. The molecule has 1 heterocycles. The first-order valence-electron chi connectivity index (χ1n) is 7.70. The van der Waals surface area contributed by atoms with Crippen LogP contribution in [0.5, 0.6) is 11.5 Å². The highest BCUT2D eigenvalue weighted by Crippen LogP contribution is 2.36. The minimum absolute atomic E-state index is 0.286. The lowest BCUT2D eigenvalue weighted by Gasteiger charge is -2.08. The number of carbonyl (C=O) groups is 2. The van der Waals surface area contributed by atoms with E-state index in [0.29, 0.717) is 38.7 Å². The van der Waals surface area contributed by atoms with E-state index in [1.165, 1.54) is 24.7 Å². The van der Waals surface area contributed by atoms with Gasteiger partial charge in [0.15, 0.2) is 5.75 Å². The summed E-state index contributed by atoms with van der Waals surface area (Å²) in [4.78, 5) is 24.6. The molecular formula is C19H15Cl2NO4. The molecule has 0 aliphatic carbocycles. The topological polar surface area (TPSA) is 57.5 Å². The molecule has 0 amide bonds. The minimum Gasteiger partial charge on any atom is -0.497 e. The normalized spacial score (nSPS) is 10.8. The van der Waals surface area contributed by atoms with Gasteiger partial charge in [-0.2, -0.15) is 0 Å². The molecule has 0 aliphatic heterocycles. The molecule has 3 aromatic rings. The highest BCUT2D eigenvalue weighted by molar-refractivity contribution is 6.42. The van der Waals surface area contributed by atoms with Crippen LogP contribution in [0.3, 0.4) is 0 Å². The van der Waals surface area contributed by atoms with Gasteiger partial charge >= 0.3 is 5.97 Å². The molecule has 5 nitrogen and oxygen atoms in total. The second-order valence-corrected chi connectivity index (χ2v) is 6.48. The molecule has 0 N–H and O–H groups in total. The Hall–Kier alpha value is -2.50. The number of fused-ring (bicyclic) bond motifs is 1. The number of nitrogens with zero attached hydrogens (tertiary/aromatic N) is 1. The molecule has 2 aromatic carbocycles. The zero-order valence-corrected chi connectivity index (χ0v) is 15.8. The molecular weight excluding hydrogens is 377 g/mol. The summed E-state index contributed by atoms with van der Waals surface area (Å²) < 4.78 is 12.1. The number of rotatable bonds is 3. The maximum absolute atomic E-state index is 13.1. The summed E-state index contributed by atoms with van der Waals surface area (Å²) in [5, 5.41) is 1.25. The van der Waals surface area contributed by atoms with Gasteiger partial charge in [0.05, 0.1) is 28.4 Å². The lowest BCUT2D eigenvalue weighted by Crippen LogP contribution is -2.14. The SMILES string of the molecule is COc1ccc2c(c1)c(OC(C)=O)c(C)n2C(=O)c1ccc(Cl)c(Cl)c1. The third-order valence-corrected chi connectivity index (χ3v) is 4.71. The Balaban J connectivity index is 2.24. The smallest absolute Gasteiger partial charge is 0.308 e. The number of benzene rings is 2. The molecule has 0 saturated heterocycles. The van der Waals surface area contributed by atoms with Crippen LogP contribution in [-0.2, 0) is 4.79 Å². The van der Waals surface area contributed by atoms with Crippen molar-refractivity contribution in [2.45, 2.75) is 13.8 Å². The molecule has 0 saturated carbocycles. The first-order valence-corrected chi connectivity index (χ1v) is 8.46. The number of hydrogen-bond acceptors (Lipinski definition) is 4. The van der Waals surface area contributed by atoms with Crippen molar-refractivity contribution in [3.63, 3.8) is 0 Å². The van der Waals surface area contributed by atoms with Gasteiger partial charge in [-0.05, 0) is 43.3 Å². The Labute approximate surface area is 160 Å². The van der Waals surface area contributed by atoms with Crippen LogP contribution in [0.1, 0.15) is 23.0 Å². The zero-order chi connectivity index (χ0) is 19.0. The molecule has 0 radical (unpaired) electrons. The quantitative estimate of drug-likeness (QED) is 0.597. The van der Waals surface area contributed by atoms with Crippen molar-refractivity contribution < 1.29 is 19.1 Å². The molecule has 1 aromatic heterocycles. The number of methoxy groups -OCH3 is 1. The van der Waals surface area contributed by atoms with Crippen LogP contribution in [-0.4, -0.2) is 23.6 Å². The fourth-order valence-electron chi connectivity index (χ4n) is 2.79. The highest BCUT2D eigenvalue weighted by Gasteiger charge is 2.23. The first-order chi connectivity index (χ1) is 12.3. The van der Waals surface area contributed by atoms with E-state index in [4.69, 9.17) is 32.7 Å². The van der Waals surface area contributed by atoms with Gasteiger partial charge in [-0.3, -0.25) is 14.2 Å². The minimum atomic E-state index is -0.475. The van der Waals surface area contributed by atoms with Crippen molar-refractivity contribution in [2.24, 2.45) is 0 Å². The zero-order valence-electron chi connectivity index (χ0n) is 14.3. The first kappa shape index (κ1) is 18.3. The average molecular weight is 392 g/mol. The molecule has 0 spiro atoms. The maximum atomic E-state index is 13.1. The summed E-state index contributed by atoms with van der Waals surface area (Å²) in [6.45, 7) is 3.02. The van der Waals surface area contributed by atoms with Gasteiger partial charge in [0.25, 0.3) is 5.91 Å². The van der Waals surface area contributed by atoms with Gasteiger partial charge in [-0.15, -0.1) is 0 Å².